The molecule has 0 saturated carbocycles. The van der Waals surface area contributed by atoms with Gasteiger partial charge in [0.15, 0.2) is 0 Å². The average molecular weight is 210 g/mol. The Morgan fingerprint density at radius 1 is 1.67 bits per heavy atom. The van der Waals surface area contributed by atoms with Crippen molar-refractivity contribution in [3.8, 4) is 0 Å². The molecule has 0 N–H and O–H groups in total. The number of hydrogen-bond donors (Lipinski definition) is 0. The summed E-state index contributed by atoms with van der Waals surface area (Å²) in [6, 6.07) is 0. The zero-order chi connectivity index (χ0) is 9.19. The van der Waals surface area contributed by atoms with Gasteiger partial charge in [0.1, 0.15) is 11.5 Å². The van der Waals surface area contributed by atoms with Gasteiger partial charge in [0.2, 0.25) is 14.9 Å². The summed E-state index contributed by atoms with van der Waals surface area (Å²) in [5.74, 6) is 0.446. The molecule has 0 bridgehead atoms. The first-order chi connectivity index (χ1) is 5.51. The number of aryl methyl sites for hydroxylation is 1. The highest BCUT2D eigenvalue weighted by molar-refractivity contribution is 8.13. The topological polar surface area (TPSA) is 60.2 Å². The smallest absolute Gasteiger partial charge is 0.241 e. The van der Waals surface area contributed by atoms with Crippen molar-refractivity contribution < 1.29 is 12.8 Å². The van der Waals surface area contributed by atoms with E-state index in [0.717, 1.165) is 0 Å². The number of hydrogen-bond acceptors (Lipinski definition) is 4. The summed E-state index contributed by atoms with van der Waals surface area (Å²) in [5.41, 5.74) is 0. The lowest BCUT2D eigenvalue weighted by Gasteiger charge is -1.89. The predicted molar refractivity (Wildman–Crippen MR) is 44.4 cm³/mol. The van der Waals surface area contributed by atoms with E-state index in [2.05, 4.69) is 4.98 Å². The van der Waals surface area contributed by atoms with E-state index in [-0.39, 0.29) is 11.6 Å². The highest BCUT2D eigenvalue weighted by Gasteiger charge is 2.11. The fourth-order valence-electron chi connectivity index (χ4n) is 0.726. The number of rotatable bonds is 3. The van der Waals surface area contributed by atoms with Crippen LogP contribution in [0.15, 0.2) is 10.6 Å². The quantitative estimate of drug-likeness (QED) is 0.705. The molecular formula is C6H8ClNO3S. The van der Waals surface area contributed by atoms with Crippen LogP contribution in [0.25, 0.3) is 0 Å². The van der Waals surface area contributed by atoms with E-state index in [1.54, 1.807) is 0 Å². The van der Waals surface area contributed by atoms with Crippen LogP contribution in [0.2, 0.25) is 0 Å². The maximum atomic E-state index is 10.6. The minimum Gasteiger partial charge on any atom is -0.445 e. The molecular weight excluding hydrogens is 202 g/mol. The van der Waals surface area contributed by atoms with Crippen LogP contribution in [0.1, 0.15) is 18.6 Å². The van der Waals surface area contributed by atoms with Gasteiger partial charge in [-0.25, -0.2) is 13.4 Å². The van der Waals surface area contributed by atoms with Crippen molar-refractivity contribution in [2.45, 2.75) is 19.1 Å². The first-order valence-electron chi connectivity index (χ1n) is 3.37. The normalized spacial score (nSPS) is 11.8. The second kappa shape index (κ2) is 3.45. The van der Waals surface area contributed by atoms with Crippen molar-refractivity contribution in [2.75, 3.05) is 0 Å². The molecule has 0 unspecified atom stereocenters. The molecule has 0 spiro atoms. The number of aromatic nitrogens is 1. The van der Waals surface area contributed by atoms with E-state index in [1.165, 1.54) is 6.20 Å². The van der Waals surface area contributed by atoms with E-state index >= 15 is 0 Å². The fourth-order valence-corrected chi connectivity index (χ4v) is 1.43. The monoisotopic (exact) mass is 209 g/mol. The average Bonchev–Trinajstić information content (AvgIpc) is 2.32. The molecule has 12 heavy (non-hydrogen) atoms. The van der Waals surface area contributed by atoms with Gasteiger partial charge < -0.3 is 4.42 Å². The second-order valence-electron chi connectivity index (χ2n) is 2.26. The number of oxazole rings is 1. The standard InChI is InChI=1S/C6H8ClNO3S/c1-2-5-3-8-6(11-5)4-12(7,9)10/h3H,2,4H2,1H3. The van der Waals surface area contributed by atoms with Crippen LogP contribution in [-0.2, 0) is 21.2 Å². The van der Waals surface area contributed by atoms with E-state index in [4.69, 9.17) is 15.1 Å². The maximum Gasteiger partial charge on any atom is 0.241 e. The summed E-state index contributed by atoms with van der Waals surface area (Å²) in [5, 5.41) is 0. The molecule has 0 fully saturated rings. The molecule has 0 atom stereocenters. The Balaban J connectivity index is 2.78. The van der Waals surface area contributed by atoms with Gasteiger partial charge in [-0.2, -0.15) is 0 Å². The molecule has 0 aliphatic carbocycles. The van der Waals surface area contributed by atoms with Gasteiger partial charge in [0.25, 0.3) is 0 Å². The highest BCUT2D eigenvalue weighted by atomic mass is 35.7. The molecule has 4 nitrogen and oxygen atoms in total. The Labute approximate surface area is 75.0 Å². The van der Waals surface area contributed by atoms with Crippen molar-refractivity contribution in [3.63, 3.8) is 0 Å². The third kappa shape index (κ3) is 2.83. The van der Waals surface area contributed by atoms with Crippen LogP contribution in [0.4, 0.5) is 0 Å². The molecule has 0 radical (unpaired) electrons. The predicted octanol–water partition coefficient (Wildman–Crippen LogP) is 1.31. The SMILES string of the molecule is CCc1cnc(CS(=O)(=O)Cl)o1. The molecule has 0 aliphatic heterocycles. The van der Waals surface area contributed by atoms with Crippen LogP contribution in [0.3, 0.4) is 0 Å². The Bertz CT molecular complexity index is 357. The molecule has 0 aliphatic rings. The summed E-state index contributed by atoms with van der Waals surface area (Å²) >= 11 is 0. The summed E-state index contributed by atoms with van der Waals surface area (Å²) in [6.45, 7) is 1.89. The zero-order valence-corrected chi connectivity index (χ0v) is 8.02. The first kappa shape index (κ1) is 9.54. The Morgan fingerprint density at radius 3 is 2.75 bits per heavy atom. The second-order valence-corrected chi connectivity index (χ2v) is 5.03. The van der Waals surface area contributed by atoms with Crippen molar-refractivity contribution in [3.05, 3.63) is 17.8 Å². The molecule has 0 amide bonds. The van der Waals surface area contributed by atoms with E-state index in [0.29, 0.717) is 12.2 Å². The number of halogens is 1. The fraction of sp³-hybridized carbons (Fsp3) is 0.500. The lowest BCUT2D eigenvalue weighted by molar-refractivity contribution is 0.472. The zero-order valence-electron chi connectivity index (χ0n) is 6.45. The van der Waals surface area contributed by atoms with Gasteiger partial charge in [0, 0.05) is 17.1 Å². The van der Waals surface area contributed by atoms with Crippen LogP contribution >= 0.6 is 10.7 Å². The Morgan fingerprint density at radius 2 is 2.33 bits per heavy atom. The molecule has 0 saturated heterocycles. The molecule has 1 heterocycles. The van der Waals surface area contributed by atoms with E-state index < -0.39 is 9.05 Å². The summed E-state index contributed by atoms with van der Waals surface area (Å²) in [6.07, 6.45) is 2.19. The Hall–Kier alpha value is -0.550. The van der Waals surface area contributed by atoms with Crippen LogP contribution in [0, 0.1) is 0 Å². The van der Waals surface area contributed by atoms with E-state index in [9.17, 15) is 8.42 Å². The number of nitrogens with zero attached hydrogens (tertiary/aromatic N) is 1. The molecule has 6 heteroatoms. The molecule has 1 aromatic rings. The van der Waals surface area contributed by atoms with Gasteiger partial charge in [-0.05, 0) is 0 Å². The van der Waals surface area contributed by atoms with Crippen LogP contribution in [0.5, 0.6) is 0 Å². The molecule has 0 aromatic carbocycles. The molecule has 1 rings (SSSR count). The van der Waals surface area contributed by atoms with Gasteiger partial charge in [-0.1, -0.05) is 6.92 Å². The third-order valence-electron chi connectivity index (χ3n) is 1.25. The van der Waals surface area contributed by atoms with E-state index in [1.807, 2.05) is 6.92 Å². The third-order valence-corrected chi connectivity index (χ3v) is 2.16. The minimum absolute atomic E-state index is 0.141. The summed E-state index contributed by atoms with van der Waals surface area (Å²) in [7, 11) is 1.44. The van der Waals surface area contributed by atoms with Crippen molar-refractivity contribution in [1.82, 2.24) is 4.98 Å². The van der Waals surface area contributed by atoms with Gasteiger partial charge in [0.05, 0.1) is 6.20 Å². The van der Waals surface area contributed by atoms with Crippen molar-refractivity contribution in [1.29, 1.82) is 0 Å². The van der Waals surface area contributed by atoms with Gasteiger partial charge in [-0.3, -0.25) is 0 Å². The largest absolute Gasteiger partial charge is 0.445 e. The first-order valence-corrected chi connectivity index (χ1v) is 5.85. The van der Waals surface area contributed by atoms with Crippen molar-refractivity contribution in [2.24, 2.45) is 0 Å². The minimum atomic E-state index is -3.56. The highest BCUT2D eigenvalue weighted by Crippen LogP contribution is 2.10. The van der Waals surface area contributed by atoms with Gasteiger partial charge in [-0.15, -0.1) is 0 Å². The Kier molecular flexibility index (Phi) is 2.74. The summed E-state index contributed by atoms with van der Waals surface area (Å²) < 4.78 is 26.2. The van der Waals surface area contributed by atoms with Crippen molar-refractivity contribution >= 4 is 19.7 Å². The molecule has 68 valence electrons. The lowest BCUT2D eigenvalue weighted by atomic mass is 10.4. The lowest BCUT2D eigenvalue weighted by Crippen LogP contribution is -1.94. The maximum absolute atomic E-state index is 10.6. The van der Waals surface area contributed by atoms with Crippen LogP contribution in [-0.4, -0.2) is 13.4 Å². The molecule has 1 aromatic heterocycles. The summed E-state index contributed by atoms with van der Waals surface area (Å²) in [4.78, 5) is 3.74. The van der Waals surface area contributed by atoms with Crippen LogP contribution < -0.4 is 0 Å². The van der Waals surface area contributed by atoms with Gasteiger partial charge >= 0.3 is 0 Å².